The maximum Gasteiger partial charge on any atom is 0.322 e. The van der Waals surface area contributed by atoms with Gasteiger partial charge in [-0.3, -0.25) is 4.90 Å². The first kappa shape index (κ1) is 14.9. The van der Waals surface area contributed by atoms with Crippen LogP contribution in [0.4, 0.5) is 4.79 Å². The number of hydrogen-bond acceptors (Lipinski definition) is 3. The average Bonchev–Trinajstić information content (AvgIpc) is 2.53. The van der Waals surface area contributed by atoms with Crippen LogP contribution < -0.4 is 5.32 Å². The van der Waals surface area contributed by atoms with E-state index in [1.165, 1.54) is 0 Å². The minimum atomic E-state index is -0.542. The van der Waals surface area contributed by atoms with Crippen LogP contribution in [0, 0.1) is 5.92 Å². The standard InChI is InChI=1S/C16H18ClN3O2/c1-16(10-4-6-11(17)7-5-10)12-8-14(22-3)18-9-13(12)20(2)15(21)19-16/h4-7,9,12H,8H2,1-3H3,(H,19,21)/t12?,16-/m1/s1. The summed E-state index contributed by atoms with van der Waals surface area (Å²) in [5, 5.41) is 3.79. The van der Waals surface area contributed by atoms with Gasteiger partial charge in [-0.2, -0.15) is 0 Å². The molecule has 2 heterocycles. The number of aliphatic imine (C=N–C) groups is 1. The summed E-state index contributed by atoms with van der Waals surface area (Å²) >= 11 is 5.98. The second kappa shape index (κ2) is 5.32. The number of carbonyl (C=O) groups excluding carboxylic acids is 1. The lowest BCUT2D eigenvalue weighted by atomic mass is 9.73. The Morgan fingerprint density at radius 1 is 1.41 bits per heavy atom. The highest BCUT2D eigenvalue weighted by molar-refractivity contribution is 6.30. The number of nitrogens with zero attached hydrogens (tertiary/aromatic N) is 2. The fourth-order valence-corrected chi connectivity index (χ4v) is 3.22. The molecule has 2 amide bonds. The zero-order valence-electron chi connectivity index (χ0n) is 12.8. The van der Waals surface area contributed by atoms with Crippen LogP contribution in [0.1, 0.15) is 18.9 Å². The SMILES string of the molecule is COC1=NC=C2C(C1)[C@@](C)(c1ccc(Cl)cc1)NC(=O)N2C. The van der Waals surface area contributed by atoms with Crippen molar-refractivity contribution < 1.29 is 9.53 Å². The Morgan fingerprint density at radius 2 is 2.09 bits per heavy atom. The van der Waals surface area contributed by atoms with E-state index in [1.807, 2.05) is 31.2 Å². The average molecular weight is 320 g/mol. The highest BCUT2D eigenvalue weighted by atomic mass is 35.5. The van der Waals surface area contributed by atoms with Crippen LogP contribution in [0.25, 0.3) is 0 Å². The van der Waals surface area contributed by atoms with Gasteiger partial charge in [0, 0.05) is 30.1 Å². The first-order valence-electron chi connectivity index (χ1n) is 7.08. The number of carbonyl (C=O) groups is 1. The van der Waals surface area contributed by atoms with Crippen LogP contribution in [-0.2, 0) is 10.3 Å². The van der Waals surface area contributed by atoms with E-state index >= 15 is 0 Å². The molecule has 3 rings (SSSR count). The summed E-state index contributed by atoms with van der Waals surface area (Å²) < 4.78 is 5.30. The maximum absolute atomic E-state index is 12.3. The highest BCUT2D eigenvalue weighted by Gasteiger charge is 2.47. The molecule has 1 N–H and O–H groups in total. The van der Waals surface area contributed by atoms with Gasteiger partial charge in [-0.25, -0.2) is 9.79 Å². The van der Waals surface area contributed by atoms with E-state index in [0.29, 0.717) is 17.3 Å². The minimum Gasteiger partial charge on any atom is -0.484 e. The number of urea groups is 1. The lowest BCUT2D eigenvalue weighted by Crippen LogP contribution is -2.60. The quantitative estimate of drug-likeness (QED) is 0.864. The van der Waals surface area contributed by atoms with Gasteiger partial charge >= 0.3 is 6.03 Å². The van der Waals surface area contributed by atoms with Crippen molar-refractivity contribution in [3.63, 3.8) is 0 Å². The number of halogens is 1. The largest absolute Gasteiger partial charge is 0.484 e. The molecule has 0 radical (unpaired) electrons. The van der Waals surface area contributed by atoms with E-state index in [4.69, 9.17) is 16.3 Å². The normalized spacial score (nSPS) is 27.5. The number of hydrogen-bond donors (Lipinski definition) is 1. The molecule has 5 nitrogen and oxygen atoms in total. The van der Waals surface area contributed by atoms with Gasteiger partial charge in [0.15, 0.2) is 5.90 Å². The monoisotopic (exact) mass is 319 g/mol. The third kappa shape index (κ3) is 2.25. The van der Waals surface area contributed by atoms with Crippen LogP contribution in [0.3, 0.4) is 0 Å². The van der Waals surface area contributed by atoms with E-state index in [9.17, 15) is 4.79 Å². The van der Waals surface area contributed by atoms with Gasteiger partial charge in [-0.05, 0) is 24.6 Å². The first-order valence-corrected chi connectivity index (χ1v) is 7.46. The summed E-state index contributed by atoms with van der Waals surface area (Å²) in [5.41, 5.74) is 1.35. The van der Waals surface area contributed by atoms with Crippen LogP contribution in [0.5, 0.6) is 0 Å². The topological polar surface area (TPSA) is 53.9 Å². The number of ether oxygens (including phenoxy) is 1. The minimum absolute atomic E-state index is 0.0452. The summed E-state index contributed by atoms with van der Waals surface area (Å²) in [6.07, 6.45) is 2.35. The molecule has 2 aliphatic heterocycles. The van der Waals surface area contributed by atoms with Gasteiger partial charge in [-0.15, -0.1) is 0 Å². The van der Waals surface area contributed by atoms with Crippen molar-refractivity contribution in [1.29, 1.82) is 0 Å². The highest BCUT2D eigenvalue weighted by Crippen LogP contribution is 2.42. The fourth-order valence-electron chi connectivity index (χ4n) is 3.10. The molecule has 1 aromatic carbocycles. The van der Waals surface area contributed by atoms with Crippen molar-refractivity contribution in [1.82, 2.24) is 10.2 Å². The molecule has 0 saturated carbocycles. The zero-order chi connectivity index (χ0) is 15.9. The fraction of sp³-hybridized carbons (Fsp3) is 0.375. The van der Waals surface area contributed by atoms with Crippen LogP contribution >= 0.6 is 11.6 Å². The Labute approximate surface area is 134 Å². The van der Waals surface area contributed by atoms with Gasteiger partial charge in [0.05, 0.1) is 18.8 Å². The summed E-state index contributed by atoms with van der Waals surface area (Å²) in [7, 11) is 3.37. The third-order valence-corrected chi connectivity index (χ3v) is 4.76. The summed E-state index contributed by atoms with van der Waals surface area (Å²) in [5.74, 6) is 0.710. The predicted molar refractivity (Wildman–Crippen MR) is 85.7 cm³/mol. The van der Waals surface area contributed by atoms with E-state index < -0.39 is 5.54 Å². The van der Waals surface area contributed by atoms with E-state index in [0.717, 1.165) is 11.3 Å². The molecule has 2 aliphatic rings. The Balaban J connectivity index is 2.07. The molecule has 2 atom stereocenters. The van der Waals surface area contributed by atoms with Crippen molar-refractivity contribution in [2.24, 2.45) is 10.9 Å². The van der Waals surface area contributed by atoms with Gasteiger partial charge in [0.1, 0.15) is 0 Å². The van der Waals surface area contributed by atoms with Crippen molar-refractivity contribution >= 4 is 23.5 Å². The predicted octanol–water partition coefficient (Wildman–Crippen LogP) is 3.12. The van der Waals surface area contributed by atoms with Crippen molar-refractivity contribution in [2.45, 2.75) is 18.9 Å². The van der Waals surface area contributed by atoms with Gasteiger partial charge < -0.3 is 10.1 Å². The number of methoxy groups -OCH3 is 1. The Hall–Kier alpha value is -2.01. The van der Waals surface area contributed by atoms with Gasteiger partial charge in [0.25, 0.3) is 0 Å². The second-order valence-electron chi connectivity index (χ2n) is 5.74. The molecule has 0 spiro atoms. The molecule has 0 bridgehead atoms. The van der Waals surface area contributed by atoms with Crippen LogP contribution in [0.2, 0.25) is 5.02 Å². The lowest BCUT2D eigenvalue weighted by molar-refractivity contribution is 0.148. The van der Waals surface area contributed by atoms with Crippen molar-refractivity contribution in [2.75, 3.05) is 14.2 Å². The Kier molecular flexibility index (Phi) is 3.60. The first-order chi connectivity index (χ1) is 10.5. The molecular weight excluding hydrogens is 302 g/mol. The molecule has 22 heavy (non-hydrogen) atoms. The summed E-state index contributed by atoms with van der Waals surface area (Å²) in [6, 6.07) is 7.43. The molecule has 1 saturated heterocycles. The van der Waals surface area contributed by atoms with Gasteiger partial charge in [-0.1, -0.05) is 23.7 Å². The summed E-state index contributed by atoms with van der Waals surface area (Å²) in [4.78, 5) is 18.2. The van der Waals surface area contributed by atoms with E-state index in [2.05, 4.69) is 10.3 Å². The number of rotatable bonds is 1. The zero-order valence-corrected chi connectivity index (χ0v) is 13.5. The molecule has 116 valence electrons. The molecule has 1 fully saturated rings. The molecule has 1 aromatic rings. The van der Waals surface area contributed by atoms with Crippen LogP contribution in [-0.4, -0.2) is 31.0 Å². The Morgan fingerprint density at radius 3 is 2.73 bits per heavy atom. The third-order valence-electron chi connectivity index (χ3n) is 4.51. The number of benzene rings is 1. The molecule has 1 unspecified atom stereocenters. The second-order valence-corrected chi connectivity index (χ2v) is 6.17. The number of nitrogens with one attached hydrogen (secondary N) is 1. The molecule has 0 aliphatic carbocycles. The molecule has 0 aromatic heterocycles. The molecular formula is C16H18ClN3O2. The van der Waals surface area contributed by atoms with Gasteiger partial charge in [0.2, 0.25) is 0 Å². The maximum atomic E-state index is 12.3. The number of fused-ring (bicyclic) bond motifs is 1. The van der Waals surface area contributed by atoms with Crippen molar-refractivity contribution in [3.8, 4) is 0 Å². The smallest absolute Gasteiger partial charge is 0.322 e. The Bertz CT molecular complexity index is 668. The van der Waals surface area contributed by atoms with Crippen LogP contribution in [0.15, 0.2) is 41.2 Å². The molecule has 6 heteroatoms. The van der Waals surface area contributed by atoms with Crippen molar-refractivity contribution in [3.05, 3.63) is 46.7 Å². The summed E-state index contributed by atoms with van der Waals surface area (Å²) in [6.45, 7) is 2.03. The van der Waals surface area contributed by atoms with E-state index in [-0.39, 0.29) is 11.9 Å². The lowest BCUT2D eigenvalue weighted by Gasteiger charge is -2.48. The number of amides is 2. The van der Waals surface area contributed by atoms with E-state index in [1.54, 1.807) is 25.3 Å².